The SMILES string of the molecule is CNC(C1CCC(C(C)(C)C)CC1)C(C)c1ccccn1. The summed E-state index contributed by atoms with van der Waals surface area (Å²) in [7, 11) is 2.11. The minimum Gasteiger partial charge on any atom is -0.316 e. The van der Waals surface area contributed by atoms with Crippen molar-refractivity contribution in [1.82, 2.24) is 10.3 Å². The van der Waals surface area contributed by atoms with Gasteiger partial charge < -0.3 is 5.32 Å². The van der Waals surface area contributed by atoms with Crippen LogP contribution in [0.15, 0.2) is 24.4 Å². The van der Waals surface area contributed by atoms with Crippen LogP contribution in [0.2, 0.25) is 0 Å². The van der Waals surface area contributed by atoms with Gasteiger partial charge in [0.1, 0.15) is 0 Å². The average Bonchev–Trinajstić information content (AvgIpc) is 2.48. The highest BCUT2D eigenvalue weighted by molar-refractivity contribution is 5.12. The fraction of sp³-hybridized carbons (Fsp3) is 0.737. The monoisotopic (exact) mass is 288 g/mol. The third kappa shape index (κ3) is 4.06. The van der Waals surface area contributed by atoms with E-state index in [4.69, 9.17) is 0 Å². The van der Waals surface area contributed by atoms with Crippen LogP contribution in [0.5, 0.6) is 0 Å². The minimum absolute atomic E-state index is 0.465. The van der Waals surface area contributed by atoms with Crippen LogP contribution in [0.25, 0.3) is 0 Å². The number of nitrogens with zero attached hydrogens (tertiary/aromatic N) is 1. The minimum atomic E-state index is 0.465. The van der Waals surface area contributed by atoms with Gasteiger partial charge in [0.2, 0.25) is 0 Å². The second-order valence-electron chi connectivity index (χ2n) is 7.84. The summed E-state index contributed by atoms with van der Waals surface area (Å²) in [5.74, 6) is 2.15. The molecule has 1 aromatic rings. The summed E-state index contributed by atoms with van der Waals surface area (Å²) < 4.78 is 0. The second-order valence-corrected chi connectivity index (χ2v) is 7.84. The predicted octanol–water partition coefficient (Wildman–Crippen LogP) is 4.63. The zero-order chi connectivity index (χ0) is 15.5. The Labute approximate surface area is 130 Å². The lowest BCUT2D eigenvalue weighted by atomic mass is 9.67. The first kappa shape index (κ1) is 16.5. The molecule has 2 nitrogen and oxygen atoms in total. The van der Waals surface area contributed by atoms with E-state index in [1.54, 1.807) is 0 Å². The topological polar surface area (TPSA) is 24.9 Å². The highest BCUT2D eigenvalue weighted by Gasteiger charge is 2.34. The van der Waals surface area contributed by atoms with Crippen LogP contribution < -0.4 is 5.32 Å². The van der Waals surface area contributed by atoms with Crippen molar-refractivity contribution in [2.24, 2.45) is 17.3 Å². The molecule has 1 heterocycles. The van der Waals surface area contributed by atoms with Crippen molar-refractivity contribution >= 4 is 0 Å². The maximum atomic E-state index is 4.56. The van der Waals surface area contributed by atoms with Gasteiger partial charge in [-0.3, -0.25) is 4.98 Å². The zero-order valence-electron chi connectivity index (χ0n) is 14.4. The second kappa shape index (κ2) is 6.91. The van der Waals surface area contributed by atoms with Crippen LogP contribution in [0, 0.1) is 17.3 Å². The van der Waals surface area contributed by atoms with E-state index in [-0.39, 0.29) is 0 Å². The molecule has 1 aliphatic rings. The lowest BCUT2D eigenvalue weighted by Crippen LogP contribution is -2.41. The molecule has 2 unspecified atom stereocenters. The number of nitrogens with one attached hydrogen (secondary N) is 1. The van der Waals surface area contributed by atoms with E-state index in [0.29, 0.717) is 17.4 Å². The van der Waals surface area contributed by atoms with Crippen molar-refractivity contribution in [2.75, 3.05) is 7.05 Å². The smallest absolute Gasteiger partial charge is 0.0447 e. The molecule has 0 saturated heterocycles. The quantitative estimate of drug-likeness (QED) is 0.874. The van der Waals surface area contributed by atoms with Gasteiger partial charge in [0.05, 0.1) is 0 Å². The lowest BCUT2D eigenvalue weighted by Gasteiger charge is -2.41. The number of hydrogen-bond donors (Lipinski definition) is 1. The molecular formula is C19H32N2. The molecule has 0 amide bonds. The van der Waals surface area contributed by atoms with E-state index < -0.39 is 0 Å². The molecule has 118 valence electrons. The Morgan fingerprint density at radius 1 is 1.14 bits per heavy atom. The Kier molecular flexibility index (Phi) is 5.43. The lowest BCUT2D eigenvalue weighted by molar-refractivity contribution is 0.129. The Hall–Kier alpha value is -0.890. The molecule has 0 bridgehead atoms. The largest absolute Gasteiger partial charge is 0.316 e. The van der Waals surface area contributed by atoms with Crippen molar-refractivity contribution in [3.63, 3.8) is 0 Å². The molecule has 1 N–H and O–H groups in total. The van der Waals surface area contributed by atoms with Gasteiger partial charge in [0.25, 0.3) is 0 Å². The summed E-state index contributed by atoms with van der Waals surface area (Å²) >= 11 is 0. The highest BCUT2D eigenvalue weighted by Crippen LogP contribution is 2.42. The van der Waals surface area contributed by atoms with Gasteiger partial charge in [-0.25, -0.2) is 0 Å². The summed E-state index contributed by atoms with van der Waals surface area (Å²) in [4.78, 5) is 4.56. The van der Waals surface area contributed by atoms with E-state index in [9.17, 15) is 0 Å². The summed E-state index contributed by atoms with van der Waals surface area (Å²) in [6.07, 6.45) is 7.37. The Morgan fingerprint density at radius 2 is 1.81 bits per heavy atom. The van der Waals surface area contributed by atoms with Crippen molar-refractivity contribution < 1.29 is 0 Å². The van der Waals surface area contributed by atoms with Crippen molar-refractivity contribution in [2.45, 2.75) is 65.3 Å². The molecule has 1 aliphatic carbocycles. The van der Waals surface area contributed by atoms with Crippen LogP contribution in [-0.2, 0) is 0 Å². The zero-order valence-corrected chi connectivity index (χ0v) is 14.4. The van der Waals surface area contributed by atoms with Gasteiger partial charge in [0, 0.05) is 23.9 Å². The maximum Gasteiger partial charge on any atom is 0.0447 e. The molecule has 2 heteroatoms. The van der Waals surface area contributed by atoms with E-state index in [1.165, 1.54) is 31.4 Å². The molecule has 2 atom stereocenters. The summed E-state index contributed by atoms with van der Waals surface area (Å²) in [6, 6.07) is 6.80. The Balaban J connectivity index is 2.00. The molecule has 21 heavy (non-hydrogen) atoms. The molecule has 1 fully saturated rings. The fourth-order valence-electron chi connectivity index (χ4n) is 4.07. The van der Waals surface area contributed by atoms with Crippen LogP contribution in [0.3, 0.4) is 0 Å². The van der Waals surface area contributed by atoms with Crippen LogP contribution >= 0.6 is 0 Å². The highest BCUT2D eigenvalue weighted by atomic mass is 14.9. The third-order valence-corrected chi connectivity index (χ3v) is 5.53. The molecule has 0 spiro atoms. The van der Waals surface area contributed by atoms with Gasteiger partial charge in [-0.15, -0.1) is 0 Å². The summed E-state index contributed by atoms with van der Waals surface area (Å²) in [6.45, 7) is 9.50. The van der Waals surface area contributed by atoms with Gasteiger partial charge in [-0.1, -0.05) is 33.8 Å². The fourth-order valence-corrected chi connectivity index (χ4v) is 4.07. The molecule has 0 aliphatic heterocycles. The predicted molar refractivity (Wildman–Crippen MR) is 90.4 cm³/mol. The number of likely N-dealkylation sites (N-methyl/N-ethyl adjacent to an activating group) is 1. The van der Waals surface area contributed by atoms with Gasteiger partial charge >= 0.3 is 0 Å². The summed E-state index contributed by atoms with van der Waals surface area (Å²) in [5.41, 5.74) is 1.68. The normalized spacial score (nSPS) is 26.3. The average molecular weight is 288 g/mol. The Morgan fingerprint density at radius 3 is 2.29 bits per heavy atom. The van der Waals surface area contributed by atoms with Crippen LogP contribution in [0.1, 0.15) is 65.0 Å². The first-order valence-electron chi connectivity index (χ1n) is 8.51. The molecule has 0 aromatic carbocycles. The van der Waals surface area contributed by atoms with E-state index >= 15 is 0 Å². The Bertz CT molecular complexity index is 413. The van der Waals surface area contributed by atoms with Crippen molar-refractivity contribution in [3.8, 4) is 0 Å². The van der Waals surface area contributed by atoms with Crippen LogP contribution in [0.4, 0.5) is 0 Å². The van der Waals surface area contributed by atoms with E-state index in [0.717, 1.165) is 11.8 Å². The molecule has 0 radical (unpaired) electrons. The van der Waals surface area contributed by atoms with Gasteiger partial charge in [-0.05, 0) is 62.1 Å². The van der Waals surface area contributed by atoms with Gasteiger partial charge in [0.15, 0.2) is 0 Å². The van der Waals surface area contributed by atoms with Crippen molar-refractivity contribution in [3.05, 3.63) is 30.1 Å². The number of rotatable bonds is 4. The first-order chi connectivity index (χ1) is 9.93. The van der Waals surface area contributed by atoms with Gasteiger partial charge in [-0.2, -0.15) is 0 Å². The number of aromatic nitrogens is 1. The van der Waals surface area contributed by atoms with E-state index in [1.807, 2.05) is 12.3 Å². The molecular weight excluding hydrogens is 256 g/mol. The molecule has 1 aromatic heterocycles. The molecule has 1 saturated carbocycles. The van der Waals surface area contributed by atoms with E-state index in [2.05, 4.69) is 57.2 Å². The third-order valence-electron chi connectivity index (χ3n) is 5.53. The van der Waals surface area contributed by atoms with Crippen molar-refractivity contribution in [1.29, 1.82) is 0 Å². The first-order valence-corrected chi connectivity index (χ1v) is 8.51. The van der Waals surface area contributed by atoms with Crippen LogP contribution in [-0.4, -0.2) is 18.1 Å². The maximum absolute atomic E-state index is 4.56. The standard InChI is InChI=1S/C19H32N2/c1-14(17-8-6-7-13-21-17)18(20-5)15-9-11-16(12-10-15)19(2,3)4/h6-8,13-16,18,20H,9-12H2,1-5H3. The summed E-state index contributed by atoms with van der Waals surface area (Å²) in [5, 5.41) is 3.58. The number of pyridine rings is 1. The number of hydrogen-bond acceptors (Lipinski definition) is 2. The molecule has 2 rings (SSSR count).